The number of benzene rings is 2. The smallest absolute Gasteiger partial charge is 0.416 e. The molecule has 0 atom stereocenters. The van der Waals surface area contributed by atoms with Crippen LogP contribution in [0.4, 0.5) is 13.2 Å². The molecule has 0 saturated carbocycles. The van der Waals surface area contributed by atoms with Gasteiger partial charge in [-0.1, -0.05) is 18.2 Å². The number of alkyl halides is 3. The van der Waals surface area contributed by atoms with Crippen molar-refractivity contribution in [3.8, 4) is 0 Å². The minimum absolute atomic E-state index is 0.0666. The highest BCUT2D eigenvalue weighted by Crippen LogP contribution is 2.29. The van der Waals surface area contributed by atoms with E-state index in [-0.39, 0.29) is 16.0 Å². The Kier molecular flexibility index (Phi) is 6.27. The first-order chi connectivity index (χ1) is 14.1. The van der Waals surface area contributed by atoms with E-state index in [0.717, 1.165) is 31.0 Å². The lowest BCUT2D eigenvalue weighted by Gasteiger charge is -2.15. The van der Waals surface area contributed by atoms with Gasteiger partial charge < -0.3 is 4.74 Å². The van der Waals surface area contributed by atoms with Crippen LogP contribution in [0.15, 0.2) is 53.4 Å². The van der Waals surface area contributed by atoms with Gasteiger partial charge in [0.15, 0.2) is 12.4 Å². The molecule has 0 aliphatic carbocycles. The quantitative estimate of drug-likeness (QED) is 0.506. The minimum Gasteiger partial charge on any atom is -0.454 e. The van der Waals surface area contributed by atoms with Crippen LogP contribution in [-0.4, -0.2) is 44.2 Å². The van der Waals surface area contributed by atoms with Crippen LogP contribution in [0, 0.1) is 0 Å². The molecule has 1 aliphatic rings. The predicted octanol–water partition coefficient (Wildman–Crippen LogP) is 3.53. The van der Waals surface area contributed by atoms with Gasteiger partial charge in [-0.15, -0.1) is 0 Å². The highest BCUT2D eigenvalue weighted by atomic mass is 32.2. The van der Waals surface area contributed by atoms with Crippen LogP contribution in [0.25, 0.3) is 0 Å². The summed E-state index contributed by atoms with van der Waals surface area (Å²) in [4.78, 5) is 24.3. The summed E-state index contributed by atoms with van der Waals surface area (Å²) in [6.45, 7) is 0.0360. The van der Waals surface area contributed by atoms with Crippen LogP contribution in [0.2, 0.25) is 0 Å². The topological polar surface area (TPSA) is 80.8 Å². The monoisotopic (exact) mass is 441 g/mol. The van der Waals surface area contributed by atoms with Gasteiger partial charge in [-0.3, -0.25) is 4.79 Å². The highest BCUT2D eigenvalue weighted by Gasteiger charge is 2.31. The Morgan fingerprint density at radius 3 is 2.27 bits per heavy atom. The number of carbonyl (C=O) groups is 2. The number of ketones is 1. The third-order valence-corrected chi connectivity index (χ3v) is 6.51. The molecule has 0 bridgehead atoms. The fourth-order valence-corrected chi connectivity index (χ4v) is 4.59. The van der Waals surface area contributed by atoms with E-state index in [0.29, 0.717) is 19.2 Å². The van der Waals surface area contributed by atoms with Gasteiger partial charge in [0.1, 0.15) is 0 Å². The van der Waals surface area contributed by atoms with E-state index in [4.69, 9.17) is 4.74 Å². The average molecular weight is 441 g/mol. The maximum Gasteiger partial charge on any atom is 0.416 e. The highest BCUT2D eigenvalue weighted by molar-refractivity contribution is 7.89. The number of esters is 1. The number of halogens is 3. The van der Waals surface area contributed by atoms with Gasteiger partial charge in [0.25, 0.3) is 0 Å². The first-order valence-corrected chi connectivity index (χ1v) is 10.5. The first kappa shape index (κ1) is 22.0. The summed E-state index contributed by atoms with van der Waals surface area (Å²) in [5.74, 6) is -1.76. The molecule has 160 valence electrons. The van der Waals surface area contributed by atoms with Gasteiger partial charge in [0.2, 0.25) is 10.0 Å². The number of hydrogen-bond donors (Lipinski definition) is 0. The summed E-state index contributed by atoms with van der Waals surface area (Å²) in [6.07, 6.45) is -3.08. The molecule has 3 rings (SSSR count). The van der Waals surface area contributed by atoms with Crippen LogP contribution in [0.3, 0.4) is 0 Å². The second-order valence-electron chi connectivity index (χ2n) is 6.72. The van der Waals surface area contributed by atoms with Gasteiger partial charge in [-0.2, -0.15) is 17.5 Å². The van der Waals surface area contributed by atoms with E-state index in [1.807, 2.05) is 0 Å². The first-order valence-electron chi connectivity index (χ1n) is 9.07. The molecule has 0 N–H and O–H groups in total. The third-order valence-electron chi connectivity index (χ3n) is 4.62. The van der Waals surface area contributed by atoms with Gasteiger partial charge in [0, 0.05) is 18.7 Å². The summed E-state index contributed by atoms with van der Waals surface area (Å²) in [7, 11) is -3.74. The standard InChI is InChI=1S/C20H18F3NO5S/c21-20(22,23)16-7-3-5-14(11-16)18(25)13-29-19(26)15-6-4-8-17(12-15)30(27,28)24-9-1-2-10-24/h3-8,11-12H,1-2,9-10,13H2. The molecule has 1 heterocycles. The lowest BCUT2D eigenvalue weighted by molar-refractivity contribution is -0.137. The van der Waals surface area contributed by atoms with Crippen LogP contribution < -0.4 is 0 Å². The van der Waals surface area contributed by atoms with Gasteiger partial charge in [-0.05, 0) is 43.2 Å². The van der Waals surface area contributed by atoms with E-state index in [9.17, 15) is 31.2 Å². The van der Waals surface area contributed by atoms with Gasteiger partial charge >= 0.3 is 12.1 Å². The lowest BCUT2D eigenvalue weighted by Crippen LogP contribution is -2.28. The molecular weight excluding hydrogens is 423 g/mol. The van der Waals surface area contributed by atoms with Crippen molar-refractivity contribution in [1.82, 2.24) is 4.31 Å². The van der Waals surface area contributed by atoms with Gasteiger partial charge in [-0.25, -0.2) is 13.2 Å². The van der Waals surface area contributed by atoms with E-state index in [2.05, 4.69) is 0 Å². The maximum atomic E-state index is 12.8. The van der Waals surface area contributed by atoms with Crippen molar-refractivity contribution in [3.63, 3.8) is 0 Å². The summed E-state index contributed by atoms with van der Waals surface area (Å²) >= 11 is 0. The molecule has 2 aromatic carbocycles. The molecular formula is C20H18F3NO5S. The second kappa shape index (κ2) is 8.57. The van der Waals surface area contributed by atoms with Crippen molar-refractivity contribution < 1.29 is 35.9 Å². The number of carbonyl (C=O) groups excluding carboxylic acids is 2. The Labute approximate surface area is 171 Å². The molecule has 10 heteroatoms. The number of hydrogen-bond acceptors (Lipinski definition) is 5. The van der Waals surface area contributed by atoms with Crippen molar-refractivity contribution in [2.24, 2.45) is 0 Å². The number of nitrogens with zero attached hydrogens (tertiary/aromatic N) is 1. The Morgan fingerprint density at radius 2 is 1.60 bits per heavy atom. The van der Waals surface area contributed by atoms with E-state index >= 15 is 0 Å². The predicted molar refractivity (Wildman–Crippen MR) is 100 cm³/mol. The number of Topliss-reactive ketones (excluding diaryl/α,β-unsaturated/α-hetero) is 1. The van der Waals surface area contributed by atoms with E-state index in [1.54, 1.807) is 0 Å². The molecule has 2 aromatic rings. The lowest BCUT2D eigenvalue weighted by atomic mass is 10.1. The molecule has 1 fully saturated rings. The Morgan fingerprint density at radius 1 is 0.967 bits per heavy atom. The number of ether oxygens (including phenoxy) is 1. The van der Waals surface area contributed by atoms with E-state index in [1.165, 1.54) is 28.6 Å². The molecule has 1 saturated heterocycles. The summed E-state index contributed by atoms with van der Waals surface area (Å²) < 4.78 is 69.7. The normalized spacial score (nSPS) is 15.2. The van der Waals surface area contributed by atoms with Crippen molar-refractivity contribution >= 4 is 21.8 Å². The molecule has 0 radical (unpaired) electrons. The van der Waals surface area contributed by atoms with E-state index < -0.39 is 40.1 Å². The zero-order chi connectivity index (χ0) is 21.9. The zero-order valence-corrected chi connectivity index (χ0v) is 16.5. The number of sulfonamides is 1. The molecule has 0 aromatic heterocycles. The summed E-state index contributed by atoms with van der Waals surface area (Å²) in [6, 6.07) is 9.02. The molecule has 0 amide bonds. The van der Waals surface area contributed by atoms with Crippen molar-refractivity contribution in [2.75, 3.05) is 19.7 Å². The Bertz CT molecular complexity index is 1060. The van der Waals surface area contributed by atoms with Gasteiger partial charge in [0.05, 0.1) is 16.0 Å². The Hall–Kier alpha value is -2.72. The number of rotatable bonds is 6. The summed E-state index contributed by atoms with van der Waals surface area (Å²) in [5.41, 5.74) is -1.31. The fraction of sp³-hybridized carbons (Fsp3) is 0.300. The molecule has 0 spiro atoms. The third kappa shape index (κ3) is 4.88. The van der Waals surface area contributed by atoms with Crippen molar-refractivity contribution in [3.05, 3.63) is 65.2 Å². The maximum absolute atomic E-state index is 12.8. The van der Waals surface area contributed by atoms with Crippen molar-refractivity contribution in [1.29, 1.82) is 0 Å². The average Bonchev–Trinajstić information content (AvgIpc) is 3.27. The minimum atomic E-state index is -4.60. The molecule has 6 nitrogen and oxygen atoms in total. The molecule has 1 aliphatic heterocycles. The van der Waals surface area contributed by atoms with Crippen LogP contribution >= 0.6 is 0 Å². The molecule has 30 heavy (non-hydrogen) atoms. The SMILES string of the molecule is O=C(COC(=O)c1cccc(S(=O)(=O)N2CCCC2)c1)c1cccc(C(F)(F)F)c1. The molecule has 0 unspecified atom stereocenters. The van der Waals surface area contributed by atoms with Crippen molar-refractivity contribution in [2.45, 2.75) is 23.9 Å². The van der Waals surface area contributed by atoms with Crippen LogP contribution in [0.1, 0.15) is 39.1 Å². The van der Waals surface area contributed by atoms with Crippen LogP contribution in [-0.2, 0) is 20.9 Å². The second-order valence-corrected chi connectivity index (χ2v) is 8.65. The Balaban J connectivity index is 1.69. The van der Waals surface area contributed by atoms with Crippen LogP contribution in [0.5, 0.6) is 0 Å². The zero-order valence-electron chi connectivity index (χ0n) is 15.7. The fourth-order valence-electron chi connectivity index (χ4n) is 3.03. The largest absolute Gasteiger partial charge is 0.454 e. The summed E-state index contributed by atoms with van der Waals surface area (Å²) in [5, 5.41) is 0.